The van der Waals surface area contributed by atoms with Crippen LogP contribution in [0.3, 0.4) is 0 Å². The number of rotatable bonds is 11. The molecule has 0 bridgehead atoms. The van der Waals surface area contributed by atoms with Crippen LogP contribution in [0.4, 0.5) is 39.5 Å². The van der Waals surface area contributed by atoms with Gasteiger partial charge >= 0.3 is 19.1 Å². The van der Waals surface area contributed by atoms with Crippen LogP contribution in [0.2, 0.25) is 0 Å². The largest absolute Gasteiger partial charge is 0.573 e. The first-order valence-electron chi connectivity index (χ1n) is 42.4. The molecule has 18 nitrogen and oxygen atoms in total. The number of H-pyrrole nitrogens is 1. The Morgan fingerprint density at radius 3 is 1.17 bits per heavy atom. The van der Waals surface area contributed by atoms with E-state index in [1.54, 1.807) is 0 Å². The molecule has 118 heavy (non-hydrogen) atoms. The van der Waals surface area contributed by atoms with Crippen LogP contribution in [0.5, 0.6) is 17.2 Å². The van der Waals surface area contributed by atoms with Crippen LogP contribution in [-0.4, -0.2) is 119 Å². The lowest BCUT2D eigenvalue weighted by molar-refractivity contribution is -0.275. The maximum Gasteiger partial charge on any atom is 0.573 e. The van der Waals surface area contributed by atoms with Gasteiger partial charge in [-0.2, -0.15) is 30.4 Å². The van der Waals surface area contributed by atoms with E-state index in [-0.39, 0.29) is 115 Å². The standard InChI is InChI=1S/2C29H38F3N3O3.C22H35BrO2.C7H4F3N3O.3CH4/c1-26(37)12-13-27(2)17(15-26)4-6-19-20-7-8-22(28(20,3)11-10-21(19)27)25(36)16-35-24-14-18(38-29(30,31)32)5-9-23(24)33-34-35;1-26(37)12-13-27(2)17(15-26)4-6-19-20-7-8-22(28(20,3)11-10-21(19)27)25(36)16-35-33-23-9-5-18(14-24(23)34-35)38-29(30,31)32;1-20(25)10-11-21(2)14(12-20)4-5-15-16-6-7-18(19(24)13-23)22(16,3)9-8-17(15)21;8-7(9,10)14-4-1-2-5-6(3-4)12-13-11-5;;;/h2*5,9,14,17,19-22,37H,4,6-8,10-13,15-16H2,1-3H3;14-18,25H,4-13H2,1-3H3;1-3H,(H,11,12,13);3*1H4/t2*17-,19+,20+,21+,22-,26-,27+,28+;14-,15+,16+,17+,18-,20-,21+,22+;;;;/m111..../s1. The summed E-state index contributed by atoms with van der Waals surface area (Å²) in [6, 6.07) is 11.5. The Balaban J connectivity index is 0.000000151. The summed E-state index contributed by atoms with van der Waals surface area (Å²) in [5, 5.41) is 59.0. The predicted molar refractivity (Wildman–Crippen MR) is 436 cm³/mol. The lowest BCUT2D eigenvalue weighted by Gasteiger charge is -2.61. The van der Waals surface area contributed by atoms with Gasteiger partial charge in [0.1, 0.15) is 63.7 Å². The van der Waals surface area contributed by atoms with E-state index in [9.17, 15) is 69.2 Å². The summed E-state index contributed by atoms with van der Waals surface area (Å²) in [6.07, 6.45) is 15.1. The third kappa shape index (κ3) is 17.5. The van der Waals surface area contributed by atoms with E-state index in [1.807, 2.05) is 20.8 Å². The zero-order chi connectivity index (χ0) is 82.4. The second-order valence-electron chi connectivity index (χ2n) is 40.0. The molecule has 6 aromatic rings. The van der Waals surface area contributed by atoms with Gasteiger partial charge in [-0.05, 0) is 334 Å². The van der Waals surface area contributed by atoms with Gasteiger partial charge < -0.3 is 29.5 Å². The number of ether oxygens (including phenoxy) is 3. The van der Waals surface area contributed by atoms with Crippen molar-refractivity contribution in [1.29, 1.82) is 0 Å². The molecule has 3 aromatic carbocycles. The molecule has 12 fully saturated rings. The van der Waals surface area contributed by atoms with E-state index in [1.165, 1.54) is 116 Å². The number of nitrogens with zero attached hydrogens (tertiary/aromatic N) is 8. The minimum atomic E-state index is -4.79. The Bertz CT molecular complexity index is 4580. The minimum Gasteiger partial charge on any atom is -0.406 e. The summed E-state index contributed by atoms with van der Waals surface area (Å²) < 4.78 is 124. The van der Waals surface area contributed by atoms with Gasteiger partial charge in [0.15, 0.2) is 11.6 Å². The average molecular weight is 1730 g/mol. The van der Waals surface area contributed by atoms with Gasteiger partial charge in [0.05, 0.1) is 27.6 Å². The van der Waals surface area contributed by atoms with Crippen molar-refractivity contribution in [3.63, 3.8) is 0 Å². The number of aliphatic hydroxyl groups is 3. The molecule has 0 saturated heterocycles. The number of hydrogen-bond acceptors (Lipinski definition) is 15. The SMILES string of the molecule is C.C.C.C[C@@]1(O)CC[C@@]2(C)[C@H](CC[C@@H]3[C@@H]2CC[C@]2(C)[C@@H](C(=O)CBr)CC[C@@H]32)C1.C[C@@]1(O)CC[C@@]2(C)[C@H](CC[C@@H]3[C@@H]2CC[C@]2(C)[C@@H](C(=O)Cn4nc5ccc(OC(F)(F)F)cc5n4)CC[C@@H]32)C1.C[C@@]1(O)CC[C@@]2(C)[C@H](CC[C@@H]3[C@@H]2CC[C@]2(C)[C@@H](C(=O)Cn4nnc5ccc(OC(F)(F)F)cc54)CC[C@@H]32)C1.FC(F)(F)Oc1ccc2n[nH]nc2c1. The van der Waals surface area contributed by atoms with Crippen molar-refractivity contribution in [1.82, 2.24) is 45.4 Å². The molecule has 4 N–H and O–H groups in total. The summed E-state index contributed by atoms with van der Waals surface area (Å²) in [6.45, 7) is 20.6. The molecule has 0 amide bonds. The van der Waals surface area contributed by atoms with Crippen molar-refractivity contribution in [3.05, 3.63) is 54.6 Å². The lowest BCUT2D eigenvalue weighted by atomic mass is 9.44. The van der Waals surface area contributed by atoms with Crippen LogP contribution in [0.15, 0.2) is 54.6 Å². The lowest BCUT2D eigenvalue weighted by Crippen LogP contribution is -2.55. The van der Waals surface area contributed by atoms with E-state index in [4.69, 9.17) is 0 Å². The molecule has 0 radical (unpaired) electrons. The zero-order valence-electron chi connectivity index (χ0n) is 67.7. The summed E-state index contributed by atoms with van der Waals surface area (Å²) in [5.74, 6) is 7.64. The van der Waals surface area contributed by atoms with Gasteiger partial charge in [0.2, 0.25) is 0 Å². The number of halogens is 10. The Kier molecular flexibility index (Phi) is 25.4. The number of hydrogen-bond donors (Lipinski definition) is 4. The van der Waals surface area contributed by atoms with Crippen LogP contribution in [0.1, 0.15) is 258 Å². The number of ketones is 3. The first-order valence-corrected chi connectivity index (χ1v) is 43.5. The predicted octanol–water partition coefficient (Wildman–Crippen LogP) is 21.7. The van der Waals surface area contributed by atoms with Gasteiger partial charge in [0.25, 0.3) is 0 Å². The summed E-state index contributed by atoms with van der Waals surface area (Å²) >= 11 is 3.43. The van der Waals surface area contributed by atoms with Crippen LogP contribution in [0.25, 0.3) is 33.1 Å². The monoisotopic (exact) mass is 1730 g/mol. The average Bonchev–Trinajstić information content (AvgIpc) is 1.71. The van der Waals surface area contributed by atoms with E-state index in [0.29, 0.717) is 97.4 Å². The topological polar surface area (TPSA) is 243 Å². The molecule has 18 rings (SSSR count). The molecular weight excluding hydrogens is 1600 g/mol. The number of benzene rings is 3. The molecule has 24 atom stereocenters. The van der Waals surface area contributed by atoms with Gasteiger partial charge in [-0.25, -0.2) is 4.68 Å². The van der Waals surface area contributed by atoms with Crippen LogP contribution < -0.4 is 14.2 Å². The van der Waals surface area contributed by atoms with Crippen molar-refractivity contribution in [2.24, 2.45) is 121 Å². The van der Waals surface area contributed by atoms with Crippen LogP contribution >= 0.6 is 15.9 Å². The highest BCUT2D eigenvalue weighted by Gasteiger charge is 2.66. The highest BCUT2D eigenvalue weighted by molar-refractivity contribution is 9.09. The number of nitrogens with one attached hydrogen (secondary N) is 1. The van der Waals surface area contributed by atoms with Gasteiger partial charge in [-0.3, -0.25) is 14.4 Å². The Hall–Kier alpha value is -6.00. The second-order valence-corrected chi connectivity index (χ2v) is 40.6. The first kappa shape index (κ1) is 91.2. The summed E-state index contributed by atoms with van der Waals surface area (Å²) in [5.41, 5.74) is 1.89. The molecule has 12 aliphatic carbocycles. The smallest absolute Gasteiger partial charge is 0.406 e. The van der Waals surface area contributed by atoms with Crippen molar-refractivity contribution in [2.75, 3.05) is 5.33 Å². The number of aromatic amines is 1. The fourth-order valence-electron chi connectivity index (χ4n) is 28.0. The molecule has 656 valence electrons. The summed E-state index contributed by atoms with van der Waals surface area (Å²) in [4.78, 5) is 41.2. The molecular formula is C90H127BrF9N9O9. The van der Waals surface area contributed by atoms with Crippen molar-refractivity contribution >= 4 is 66.4 Å². The number of Topliss-reactive ketones (excluding diaryl/α,β-unsaturated/α-hetero) is 3. The molecule has 0 unspecified atom stereocenters. The first-order chi connectivity index (χ1) is 53.8. The summed E-state index contributed by atoms with van der Waals surface area (Å²) in [7, 11) is 0. The molecule has 3 aromatic heterocycles. The fraction of sp³-hybridized carbons (Fsp3) is 0.767. The molecule has 12 aliphatic rings. The van der Waals surface area contributed by atoms with E-state index < -0.39 is 35.9 Å². The van der Waals surface area contributed by atoms with Gasteiger partial charge in [-0.1, -0.05) is 85.0 Å². The highest BCUT2D eigenvalue weighted by Crippen LogP contribution is 2.72. The van der Waals surface area contributed by atoms with Crippen LogP contribution in [-0.2, 0) is 27.5 Å². The molecule has 3 heterocycles. The fourth-order valence-corrected chi connectivity index (χ4v) is 28.4. The van der Waals surface area contributed by atoms with E-state index >= 15 is 0 Å². The number of aromatic nitrogens is 9. The molecule has 28 heteroatoms. The van der Waals surface area contributed by atoms with Gasteiger partial charge in [-0.15, -0.1) is 44.6 Å². The van der Waals surface area contributed by atoms with E-state index in [2.05, 4.69) is 108 Å². The number of carbonyl (C=O) groups excluding carboxylic acids is 3. The highest BCUT2D eigenvalue weighted by atomic mass is 79.9. The normalized spacial score (nSPS) is 39.4. The third-order valence-corrected chi connectivity index (χ3v) is 34.2. The molecule has 12 saturated carbocycles. The van der Waals surface area contributed by atoms with Crippen LogP contribution in [0, 0.1) is 121 Å². The Morgan fingerprint density at radius 2 is 0.763 bits per heavy atom. The Morgan fingerprint density at radius 1 is 0.415 bits per heavy atom. The molecule has 0 spiro atoms. The van der Waals surface area contributed by atoms with Crippen molar-refractivity contribution in [2.45, 2.75) is 307 Å². The van der Waals surface area contributed by atoms with Gasteiger partial charge in [0, 0.05) is 36.0 Å². The second kappa shape index (κ2) is 32.9. The van der Waals surface area contributed by atoms with E-state index in [0.717, 1.165) is 139 Å². The number of alkyl halides is 10. The molecule has 0 aliphatic heterocycles. The number of fused-ring (bicyclic) bond motifs is 18. The Labute approximate surface area is 697 Å². The van der Waals surface area contributed by atoms with Crippen molar-refractivity contribution < 1.29 is 83.4 Å². The maximum absolute atomic E-state index is 13.7. The minimum absolute atomic E-state index is 0. The third-order valence-electron chi connectivity index (χ3n) is 33.6. The number of carbonyl (C=O) groups is 3. The maximum atomic E-state index is 13.7. The van der Waals surface area contributed by atoms with Crippen molar-refractivity contribution in [3.8, 4) is 17.2 Å². The zero-order valence-corrected chi connectivity index (χ0v) is 69.3. The quantitative estimate of drug-likeness (QED) is 0.0696.